The molecule has 2 aliphatic rings. The molecule has 2 aromatic rings. The summed E-state index contributed by atoms with van der Waals surface area (Å²) in [6.07, 6.45) is 1.73. The van der Waals surface area contributed by atoms with Crippen molar-refractivity contribution in [1.29, 1.82) is 0 Å². The minimum Gasteiger partial charge on any atom is -0.486 e. The zero-order chi connectivity index (χ0) is 26.6. The topological polar surface area (TPSA) is 83.4 Å². The molecule has 0 aliphatic carbocycles. The van der Waals surface area contributed by atoms with Crippen LogP contribution in [0.3, 0.4) is 0 Å². The number of hydrogen-bond donors (Lipinski definition) is 2. The highest BCUT2D eigenvalue weighted by Crippen LogP contribution is 2.37. The fourth-order valence-electron chi connectivity index (χ4n) is 4.52. The Labute approximate surface area is 213 Å². The molecule has 10 heteroatoms. The Morgan fingerprint density at radius 3 is 2.57 bits per heavy atom. The summed E-state index contributed by atoms with van der Waals surface area (Å²) in [4.78, 5) is 18.9. The summed E-state index contributed by atoms with van der Waals surface area (Å²) in [5, 5.41) is 13.5. The highest BCUT2D eigenvalue weighted by molar-refractivity contribution is 5.99. The lowest BCUT2D eigenvalue weighted by atomic mass is 9.99. The first-order valence-electron chi connectivity index (χ1n) is 12.1. The molecule has 37 heavy (non-hydrogen) atoms. The van der Waals surface area contributed by atoms with E-state index in [2.05, 4.69) is 16.9 Å². The maximum Gasteiger partial charge on any atom is 0.349 e. The van der Waals surface area contributed by atoms with Crippen LogP contribution in [0.1, 0.15) is 42.6 Å². The summed E-state index contributed by atoms with van der Waals surface area (Å²) in [7, 11) is 0. The normalized spacial score (nSPS) is 17.8. The zero-order valence-electron chi connectivity index (χ0n) is 20.6. The number of alkyl halides is 2. The highest BCUT2D eigenvalue weighted by atomic mass is 19.3. The Morgan fingerprint density at radius 1 is 1.22 bits per heavy atom. The van der Waals surface area contributed by atoms with E-state index in [4.69, 9.17) is 9.47 Å². The van der Waals surface area contributed by atoms with E-state index in [1.165, 1.54) is 36.5 Å². The van der Waals surface area contributed by atoms with Gasteiger partial charge in [-0.1, -0.05) is 30.8 Å². The zero-order valence-corrected chi connectivity index (χ0v) is 20.6. The Hall–Kier alpha value is -3.37. The summed E-state index contributed by atoms with van der Waals surface area (Å²) in [6.45, 7) is 7.16. The summed E-state index contributed by atoms with van der Waals surface area (Å²) in [5.74, 6) is -6.11. The molecule has 0 unspecified atom stereocenters. The predicted molar refractivity (Wildman–Crippen MR) is 133 cm³/mol. The van der Waals surface area contributed by atoms with Gasteiger partial charge in [0.15, 0.2) is 17.3 Å². The lowest BCUT2D eigenvalue weighted by molar-refractivity contribution is -0.149. The molecule has 4 rings (SSSR count). The molecule has 2 aromatic carbocycles. The van der Waals surface area contributed by atoms with Gasteiger partial charge in [0, 0.05) is 24.0 Å². The minimum atomic E-state index is -3.87. The molecule has 7 nitrogen and oxygen atoms in total. The largest absolute Gasteiger partial charge is 0.486 e. The molecule has 0 aromatic heterocycles. The number of carbonyl (C=O) groups is 1. The molecule has 1 fully saturated rings. The number of rotatable bonds is 9. The number of aliphatic hydroxyl groups excluding tert-OH is 1. The van der Waals surface area contributed by atoms with Gasteiger partial charge in [0.05, 0.1) is 6.04 Å². The average molecular weight is 518 g/mol. The molecule has 2 atom stereocenters. The molecule has 1 saturated heterocycles. The van der Waals surface area contributed by atoms with Gasteiger partial charge in [0.25, 0.3) is 5.91 Å². The Bertz CT molecular complexity index is 1160. The standard InChI is InChI=1S/C27H30F3N3O4/c1-3-31-17(2)18-6-8-20(9-7-18)27(29,30)26(35)32-22(16-33-10-4-5-11-33)24(34)19-14-21(28)25-23(15-19)36-12-13-37-25/h3,6-9,14-15,22,24,34H,1,4-5,10-13,16H2,2H3,(H,32,35)/t22-,24-/m1/s1. The van der Waals surface area contributed by atoms with Crippen LogP contribution in [-0.2, 0) is 10.7 Å². The molecular formula is C27H30F3N3O4. The number of halogens is 3. The summed E-state index contributed by atoms with van der Waals surface area (Å²) in [5.41, 5.74) is 0.799. The number of hydrogen-bond acceptors (Lipinski definition) is 6. The first-order chi connectivity index (χ1) is 17.7. The SMILES string of the molecule is C=CN=C(C)c1ccc(C(F)(F)C(=O)N[C@H](CN2CCCC2)[C@H](O)c2cc(F)c3c(c2)OCCO3)cc1. The second-order valence-electron chi connectivity index (χ2n) is 9.11. The van der Waals surface area contributed by atoms with Crippen molar-refractivity contribution in [3.05, 3.63) is 71.7 Å². The number of aliphatic hydroxyl groups is 1. The molecule has 0 spiro atoms. The van der Waals surface area contributed by atoms with Crippen molar-refractivity contribution < 1.29 is 32.5 Å². The van der Waals surface area contributed by atoms with Crippen molar-refractivity contribution in [2.75, 3.05) is 32.8 Å². The number of fused-ring (bicyclic) bond motifs is 1. The van der Waals surface area contributed by atoms with Gasteiger partial charge in [-0.3, -0.25) is 9.79 Å². The number of benzene rings is 2. The summed E-state index contributed by atoms with van der Waals surface area (Å²) in [6, 6.07) is 6.60. The van der Waals surface area contributed by atoms with Crippen LogP contribution in [0.5, 0.6) is 11.5 Å². The molecule has 2 aliphatic heterocycles. The van der Waals surface area contributed by atoms with Crippen LogP contribution in [-0.4, -0.2) is 60.5 Å². The predicted octanol–water partition coefficient (Wildman–Crippen LogP) is 3.96. The third-order valence-corrected chi connectivity index (χ3v) is 6.55. The van der Waals surface area contributed by atoms with E-state index in [1.807, 2.05) is 4.90 Å². The molecule has 2 heterocycles. The maximum atomic E-state index is 15.2. The molecule has 0 saturated carbocycles. The third-order valence-electron chi connectivity index (χ3n) is 6.55. The highest BCUT2D eigenvalue weighted by Gasteiger charge is 2.43. The Kier molecular flexibility index (Phi) is 8.19. The lowest BCUT2D eigenvalue weighted by Crippen LogP contribution is -2.51. The van der Waals surface area contributed by atoms with E-state index in [0.717, 1.165) is 18.9 Å². The van der Waals surface area contributed by atoms with Gasteiger partial charge in [-0.15, -0.1) is 0 Å². The van der Waals surface area contributed by atoms with Crippen LogP contribution >= 0.6 is 0 Å². The van der Waals surface area contributed by atoms with Gasteiger partial charge in [0.2, 0.25) is 0 Å². The second-order valence-corrected chi connectivity index (χ2v) is 9.11. The quantitative estimate of drug-likeness (QED) is 0.492. The van der Waals surface area contributed by atoms with Gasteiger partial charge in [0.1, 0.15) is 19.3 Å². The van der Waals surface area contributed by atoms with Crippen molar-refractivity contribution in [3.8, 4) is 11.5 Å². The van der Waals surface area contributed by atoms with E-state index < -0.39 is 35.4 Å². The number of nitrogens with one attached hydrogen (secondary N) is 1. The Balaban J connectivity index is 1.57. The number of carbonyl (C=O) groups excluding carboxylic acids is 1. The third kappa shape index (κ3) is 5.97. The molecular weight excluding hydrogens is 487 g/mol. The van der Waals surface area contributed by atoms with Gasteiger partial charge >= 0.3 is 5.92 Å². The number of ether oxygens (including phenoxy) is 2. The number of nitrogens with zero attached hydrogens (tertiary/aromatic N) is 2. The van der Waals surface area contributed by atoms with Crippen molar-refractivity contribution >= 4 is 11.6 Å². The van der Waals surface area contributed by atoms with Crippen molar-refractivity contribution in [2.24, 2.45) is 4.99 Å². The van der Waals surface area contributed by atoms with Crippen LogP contribution in [0.15, 0.2) is 54.2 Å². The van der Waals surface area contributed by atoms with Crippen LogP contribution in [0.2, 0.25) is 0 Å². The van der Waals surface area contributed by atoms with Gasteiger partial charge < -0.3 is 24.8 Å². The number of amides is 1. The smallest absolute Gasteiger partial charge is 0.349 e. The molecule has 2 N–H and O–H groups in total. The van der Waals surface area contributed by atoms with E-state index in [-0.39, 0.29) is 36.8 Å². The minimum absolute atomic E-state index is 0.0642. The molecule has 0 radical (unpaired) electrons. The van der Waals surface area contributed by atoms with Crippen molar-refractivity contribution in [3.63, 3.8) is 0 Å². The lowest BCUT2D eigenvalue weighted by Gasteiger charge is -2.30. The first-order valence-corrected chi connectivity index (χ1v) is 12.1. The van der Waals surface area contributed by atoms with E-state index in [9.17, 15) is 14.3 Å². The second kappa shape index (κ2) is 11.4. The van der Waals surface area contributed by atoms with E-state index in [0.29, 0.717) is 24.4 Å². The number of aliphatic imine (C=N–C) groups is 1. The van der Waals surface area contributed by atoms with Gasteiger partial charge in [-0.25, -0.2) is 4.39 Å². The summed E-state index contributed by atoms with van der Waals surface area (Å²) < 4.78 is 55.8. The van der Waals surface area contributed by atoms with Crippen LogP contribution in [0.25, 0.3) is 0 Å². The van der Waals surface area contributed by atoms with Crippen LogP contribution < -0.4 is 14.8 Å². The fourth-order valence-corrected chi connectivity index (χ4v) is 4.52. The first kappa shape index (κ1) is 26.7. The molecule has 1 amide bonds. The molecule has 198 valence electrons. The fraction of sp³-hybridized carbons (Fsp3) is 0.407. The molecule has 0 bridgehead atoms. The van der Waals surface area contributed by atoms with Gasteiger partial charge in [-0.2, -0.15) is 8.78 Å². The van der Waals surface area contributed by atoms with Crippen LogP contribution in [0, 0.1) is 5.82 Å². The Morgan fingerprint density at radius 2 is 1.89 bits per heavy atom. The number of likely N-dealkylation sites (tertiary alicyclic amines) is 1. The monoisotopic (exact) mass is 517 g/mol. The van der Waals surface area contributed by atoms with Crippen molar-refractivity contribution in [2.45, 2.75) is 37.8 Å². The van der Waals surface area contributed by atoms with Crippen molar-refractivity contribution in [1.82, 2.24) is 10.2 Å². The summed E-state index contributed by atoms with van der Waals surface area (Å²) >= 11 is 0. The van der Waals surface area contributed by atoms with Crippen LogP contribution in [0.4, 0.5) is 13.2 Å². The van der Waals surface area contributed by atoms with E-state index in [1.54, 1.807) is 6.92 Å². The van der Waals surface area contributed by atoms with Gasteiger partial charge in [-0.05, 0) is 56.1 Å². The average Bonchev–Trinajstić information content (AvgIpc) is 3.41. The van der Waals surface area contributed by atoms with E-state index >= 15 is 8.78 Å². The maximum absolute atomic E-state index is 15.2.